The second kappa shape index (κ2) is 4.36. The third-order valence-electron chi connectivity index (χ3n) is 4.26. The van der Waals surface area contributed by atoms with E-state index in [1.54, 1.807) is 0 Å². The fourth-order valence-electron chi connectivity index (χ4n) is 2.35. The summed E-state index contributed by atoms with van der Waals surface area (Å²) in [6.07, 6.45) is 0. The zero-order chi connectivity index (χ0) is 14.5. The van der Waals surface area contributed by atoms with Gasteiger partial charge in [0.15, 0.2) is 11.6 Å². The fourth-order valence-corrected chi connectivity index (χ4v) is 2.35. The van der Waals surface area contributed by atoms with E-state index in [4.69, 9.17) is 14.0 Å². The molecule has 0 amide bonds. The molecule has 0 atom stereocenters. The monoisotopic (exact) mass is 279 g/mol. The van der Waals surface area contributed by atoms with Gasteiger partial charge in [0.25, 0.3) is 0 Å². The highest BCUT2D eigenvalue weighted by Gasteiger charge is 2.52. The topological polar surface area (TPSA) is 39.7 Å². The number of halogens is 1. The maximum absolute atomic E-state index is 14.1. The summed E-state index contributed by atoms with van der Waals surface area (Å²) >= 11 is 0. The van der Waals surface area contributed by atoms with E-state index in [1.807, 2.05) is 33.8 Å². The van der Waals surface area contributed by atoms with E-state index in [0.29, 0.717) is 24.3 Å². The zero-order valence-corrected chi connectivity index (χ0v) is 12.2. The smallest absolute Gasteiger partial charge is 0.486 e. The van der Waals surface area contributed by atoms with Gasteiger partial charge in [-0.3, -0.25) is 0 Å². The summed E-state index contributed by atoms with van der Waals surface area (Å²) < 4.78 is 31.3. The average molecular weight is 279 g/mol. The maximum Gasteiger partial charge on any atom is 0.495 e. The summed E-state index contributed by atoms with van der Waals surface area (Å²) in [7, 11) is -0.566. The molecule has 1 saturated heterocycles. The number of anilines is 1. The number of hydrogen-bond acceptors (Lipinski definition) is 4. The Morgan fingerprint density at radius 1 is 1.15 bits per heavy atom. The number of fused-ring (bicyclic) bond motifs is 1. The minimum absolute atomic E-state index is 0.275. The minimum Gasteiger partial charge on any atom is -0.486 e. The Kier molecular flexibility index (Phi) is 2.99. The maximum atomic E-state index is 14.1. The molecular weight excluding hydrogens is 260 g/mol. The Labute approximate surface area is 118 Å². The molecule has 0 radical (unpaired) electrons. The van der Waals surface area contributed by atoms with Crippen LogP contribution in [0.4, 0.5) is 10.1 Å². The van der Waals surface area contributed by atoms with Crippen molar-refractivity contribution in [3.05, 3.63) is 17.9 Å². The van der Waals surface area contributed by atoms with E-state index in [2.05, 4.69) is 5.32 Å². The molecule has 6 heteroatoms. The van der Waals surface area contributed by atoms with E-state index in [0.717, 1.165) is 0 Å². The molecule has 2 aliphatic rings. The van der Waals surface area contributed by atoms with Crippen LogP contribution in [-0.2, 0) is 9.31 Å². The van der Waals surface area contributed by atoms with E-state index in [9.17, 15) is 4.39 Å². The standard InChI is InChI=1S/C14H19BFNO3/c1-13(2)14(3,4)20-15(19-13)9-7-10(16)12-11(8-9)17-5-6-18-12/h7-8,17H,5-6H2,1-4H3. The summed E-state index contributed by atoms with van der Waals surface area (Å²) in [5.41, 5.74) is 0.445. The molecule has 0 aromatic heterocycles. The van der Waals surface area contributed by atoms with Crippen molar-refractivity contribution in [3.8, 4) is 5.75 Å². The molecule has 1 aromatic carbocycles. The van der Waals surface area contributed by atoms with Crippen LogP contribution in [0.1, 0.15) is 27.7 Å². The summed E-state index contributed by atoms with van der Waals surface area (Å²) in [5, 5.41) is 3.13. The van der Waals surface area contributed by atoms with Gasteiger partial charge in [-0.25, -0.2) is 4.39 Å². The summed E-state index contributed by atoms with van der Waals surface area (Å²) in [4.78, 5) is 0. The van der Waals surface area contributed by atoms with Crippen LogP contribution in [-0.4, -0.2) is 31.5 Å². The Balaban J connectivity index is 1.94. The van der Waals surface area contributed by atoms with Gasteiger partial charge in [-0.15, -0.1) is 0 Å². The SMILES string of the molecule is CC1(C)OB(c2cc(F)c3c(c2)NCCO3)OC1(C)C. The fraction of sp³-hybridized carbons (Fsp3) is 0.571. The van der Waals surface area contributed by atoms with Gasteiger partial charge in [-0.05, 0) is 45.3 Å². The summed E-state index contributed by atoms with van der Waals surface area (Å²) in [5.74, 6) is -0.115. The third kappa shape index (κ3) is 2.07. The Bertz CT molecular complexity index is 531. The molecule has 4 nitrogen and oxygen atoms in total. The highest BCUT2D eigenvalue weighted by Crippen LogP contribution is 2.37. The lowest BCUT2D eigenvalue weighted by molar-refractivity contribution is 0.00578. The highest BCUT2D eigenvalue weighted by molar-refractivity contribution is 6.62. The number of nitrogens with one attached hydrogen (secondary N) is 1. The quantitative estimate of drug-likeness (QED) is 0.797. The van der Waals surface area contributed by atoms with Crippen LogP contribution in [0, 0.1) is 5.82 Å². The normalized spacial score (nSPS) is 22.9. The molecule has 1 fully saturated rings. The van der Waals surface area contributed by atoms with Crippen LogP contribution in [0.15, 0.2) is 12.1 Å². The number of benzene rings is 1. The second-order valence-electron chi connectivity index (χ2n) is 6.24. The third-order valence-corrected chi connectivity index (χ3v) is 4.26. The Morgan fingerprint density at radius 2 is 1.80 bits per heavy atom. The van der Waals surface area contributed by atoms with Crippen molar-refractivity contribution in [1.29, 1.82) is 0 Å². The van der Waals surface area contributed by atoms with Crippen molar-refractivity contribution in [2.75, 3.05) is 18.5 Å². The molecule has 2 aliphatic heterocycles. The molecule has 20 heavy (non-hydrogen) atoms. The average Bonchev–Trinajstić information content (AvgIpc) is 2.58. The highest BCUT2D eigenvalue weighted by atomic mass is 19.1. The van der Waals surface area contributed by atoms with Gasteiger partial charge in [0.05, 0.1) is 16.9 Å². The number of ether oxygens (including phenoxy) is 1. The largest absolute Gasteiger partial charge is 0.495 e. The van der Waals surface area contributed by atoms with Crippen molar-refractivity contribution < 1.29 is 18.4 Å². The van der Waals surface area contributed by atoms with Gasteiger partial charge in [0.2, 0.25) is 0 Å². The second-order valence-corrected chi connectivity index (χ2v) is 6.24. The molecule has 1 aromatic rings. The van der Waals surface area contributed by atoms with Crippen molar-refractivity contribution in [2.45, 2.75) is 38.9 Å². The molecule has 0 aliphatic carbocycles. The summed E-state index contributed by atoms with van der Waals surface area (Å²) in [6, 6.07) is 3.26. The predicted octanol–water partition coefficient (Wildman–Crippen LogP) is 1.93. The van der Waals surface area contributed by atoms with Crippen LogP contribution in [0.5, 0.6) is 5.75 Å². The molecule has 0 bridgehead atoms. The van der Waals surface area contributed by atoms with Crippen LogP contribution < -0.4 is 15.5 Å². The van der Waals surface area contributed by atoms with Crippen LogP contribution in [0.2, 0.25) is 0 Å². The van der Waals surface area contributed by atoms with E-state index in [-0.39, 0.29) is 11.6 Å². The van der Waals surface area contributed by atoms with Crippen molar-refractivity contribution >= 4 is 18.3 Å². The lowest BCUT2D eigenvalue weighted by atomic mass is 9.78. The molecule has 1 N–H and O–H groups in total. The zero-order valence-electron chi connectivity index (χ0n) is 12.2. The molecule has 0 saturated carbocycles. The van der Waals surface area contributed by atoms with Gasteiger partial charge in [-0.1, -0.05) is 0 Å². The lowest BCUT2D eigenvalue weighted by Gasteiger charge is -2.32. The summed E-state index contributed by atoms with van der Waals surface area (Å²) in [6.45, 7) is 9.04. The molecule has 0 unspecified atom stereocenters. The van der Waals surface area contributed by atoms with Crippen LogP contribution >= 0.6 is 0 Å². The van der Waals surface area contributed by atoms with Crippen molar-refractivity contribution in [1.82, 2.24) is 0 Å². The first-order valence-electron chi connectivity index (χ1n) is 6.86. The molecular formula is C14H19BFNO3. The van der Waals surface area contributed by atoms with E-state index in [1.165, 1.54) is 6.07 Å². The van der Waals surface area contributed by atoms with Crippen molar-refractivity contribution in [2.24, 2.45) is 0 Å². The van der Waals surface area contributed by atoms with Gasteiger partial charge in [-0.2, -0.15) is 0 Å². The predicted molar refractivity (Wildman–Crippen MR) is 76.1 cm³/mol. The van der Waals surface area contributed by atoms with E-state index < -0.39 is 18.3 Å². The van der Waals surface area contributed by atoms with Gasteiger partial charge in [0.1, 0.15) is 6.61 Å². The molecule has 2 heterocycles. The van der Waals surface area contributed by atoms with Gasteiger partial charge < -0.3 is 19.4 Å². The Morgan fingerprint density at radius 3 is 2.45 bits per heavy atom. The first-order chi connectivity index (χ1) is 9.30. The molecule has 0 spiro atoms. The lowest BCUT2D eigenvalue weighted by Crippen LogP contribution is -2.41. The first-order valence-corrected chi connectivity index (χ1v) is 6.86. The van der Waals surface area contributed by atoms with E-state index >= 15 is 0 Å². The Hall–Kier alpha value is -1.27. The molecule has 3 rings (SSSR count). The first kappa shape index (κ1) is 13.7. The molecule has 108 valence electrons. The van der Waals surface area contributed by atoms with Crippen LogP contribution in [0.3, 0.4) is 0 Å². The van der Waals surface area contributed by atoms with Gasteiger partial charge in [0, 0.05) is 6.54 Å². The van der Waals surface area contributed by atoms with Crippen LogP contribution in [0.25, 0.3) is 0 Å². The van der Waals surface area contributed by atoms with Gasteiger partial charge >= 0.3 is 7.12 Å². The minimum atomic E-state index is -0.566. The van der Waals surface area contributed by atoms with Crippen molar-refractivity contribution in [3.63, 3.8) is 0 Å². The number of rotatable bonds is 1. The number of hydrogen-bond donors (Lipinski definition) is 1.